The van der Waals surface area contributed by atoms with E-state index in [9.17, 15) is 9.59 Å². The van der Waals surface area contributed by atoms with Crippen LogP contribution in [0, 0.1) is 0 Å². The number of thioether (sulfide) groups is 1. The van der Waals surface area contributed by atoms with Crippen molar-refractivity contribution in [2.24, 2.45) is 4.99 Å². The van der Waals surface area contributed by atoms with E-state index in [0.29, 0.717) is 12.5 Å². The predicted octanol–water partition coefficient (Wildman–Crippen LogP) is 1.66. The summed E-state index contributed by atoms with van der Waals surface area (Å²) in [5.74, 6) is 1.19. The van der Waals surface area contributed by atoms with Gasteiger partial charge < -0.3 is 20.4 Å². The summed E-state index contributed by atoms with van der Waals surface area (Å²) < 4.78 is 0. The number of guanidine groups is 1. The summed E-state index contributed by atoms with van der Waals surface area (Å²) in [6.45, 7) is 6.68. The van der Waals surface area contributed by atoms with Crippen LogP contribution in [0.5, 0.6) is 0 Å². The second kappa shape index (κ2) is 11.6. The average molecular weight is 408 g/mol. The Morgan fingerprint density at radius 2 is 1.75 bits per heavy atom. The molecular formula is C20H33N5O2S. The molecule has 0 saturated carbocycles. The normalized spacial score (nSPS) is 11.7. The van der Waals surface area contributed by atoms with E-state index in [4.69, 9.17) is 0 Å². The van der Waals surface area contributed by atoms with Gasteiger partial charge in [-0.1, -0.05) is 18.2 Å². The molecule has 28 heavy (non-hydrogen) atoms. The van der Waals surface area contributed by atoms with Crippen LogP contribution in [0.4, 0.5) is 0 Å². The number of likely N-dealkylation sites (N-methyl/N-ethyl adjacent to an activating group) is 2. The van der Waals surface area contributed by atoms with Crippen LogP contribution < -0.4 is 10.6 Å². The monoisotopic (exact) mass is 407 g/mol. The van der Waals surface area contributed by atoms with Gasteiger partial charge >= 0.3 is 0 Å². The Bertz CT molecular complexity index is 656. The van der Waals surface area contributed by atoms with E-state index in [1.807, 2.05) is 39.0 Å². The highest BCUT2D eigenvalue weighted by atomic mass is 32.2. The highest BCUT2D eigenvalue weighted by molar-refractivity contribution is 7.99. The second-order valence-electron chi connectivity index (χ2n) is 7.67. The number of rotatable bonds is 8. The Morgan fingerprint density at radius 3 is 2.32 bits per heavy atom. The fourth-order valence-corrected chi connectivity index (χ4v) is 2.98. The summed E-state index contributed by atoms with van der Waals surface area (Å²) in [6, 6.07) is 10.2. The van der Waals surface area contributed by atoms with Crippen molar-refractivity contribution >= 4 is 29.5 Å². The zero-order chi connectivity index (χ0) is 21.2. The average Bonchev–Trinajstić information content (AvgIpc) is 2.59. The zero-order valence-corrected chi connectivity index (χ0v) is 18.6. The number of amides is 2. The number of hydrogen-bond acceptors (Lipinski definition) is 4. The second-order valence-corrected chi connectivity index (χ2v) is 8.84. The lowest BCUT2D eigenvalue weighted by molar-refractivity contribution is -0.127. The minimum Gasteiger partial charge on any atom is -0.355 e. The first kappa shape index (κ1) is 23.8. The standard InChI is InChI=1S/C20H33N5O2S/c1-20(2,3)23-17(26)15-25(6)19(22-14-18(27)24(4)5)21-12-13-28-16-10-8-7-9-11-16/h7-11H,12-15H2,1-6H3,(H,21,22)(H,23,26). The van der Waals surface area contributed by atoms with Crippen molar-refractivity contribution in [3.05, 3.63) is 30.3 Å². The number of carbonyl (C=O) groups excluding carboxylic acids is 2. The quantitative estimate of drug-likeness (QED) is 0.297. The molecule has 0 aliphatic heterocycles. The zero-order valence-electron chi connectivity index (χ0n) is 17.8. The van der Waals surface area contributed by atoms with Crippen LogP contribution in [-0.4, -0.2) is 79.6 Å². The third kappa shape index (κ3) is 10.2. The maximum absolute atomic E-state index is 12.2. The summed E-state index contributed by atoms with van der Waals surface area (Å²) in [7, 11) is 5.18. The summed E-state index contributed by atoms with van der Waals surface area (Å²) >= 11 is 1.73. The van der Waals surface area contributed by atoms with Gasteiger partial charge in [0.25, 0.3) is 0 Å². The first-order valence-electron chi connectivity index (χ1n) is 9.27. The van der Waals surface area contributed by atoms with Gasteiger partial charge in [0.1, 0.15) is 6.54 Å². The van der Waals surface area contributed by atoms with Crippen LogP contribution in [0.2, 0.25) is 0 Å². The van der Waals surface area contributed by atoms with Crippen molar-refractivity contribution in [1.82, 2.24) is 20.4 Å². The van der Waals surface area contributed by atoms with E-state index in [-0.39, 0.29) is 30.4 Å². The number of nitrogens with zero attached hydrogens (tertiary/aromatic N) is 3. The van der Waals surface area contributed by atoms with Crippen molar-refractivity contribution in [2.45, 2.75) is 31.2 Å². The number of benzene rings is 1. The summed E-state index contributed by atoms with van der Waals surface area (Å²) in [6.07, 6.45) is 0. The minimum atomic E-state index is -0.296. The van der Waals surface area contributed by atoms with Gasteiger partial charge in [-0.05, 0) is 32.9 Å². The maximum atomic E-state index is 12.2. The van der Waals surface area contributed by atoms with Crippen molar-refractivity contribution < 1.29 is 9.59 Å². The SMILES string of the molecule is CN(C)C(=O)CN=C(NCCSc1ccccc1)N(C)CC(=O)NC(C)(C)C. The molecule has 1 aromatic rings. The van der Waals surface area contributed by atoms with Crippen LogP contribution in [-0.2, 0) is 9.59 Å². The van der Waals surface area contributed by atoms with Gasteiger partial charge in [0.15, 0.2) is 5.96 Å². The molecule has 1 rings (SSSR count). The van der Waals surface area contributed by atoms with Crippen molar-refractivity contribution in [3.63, 3.8) is 0 Å². The summed E-state index contributed by atoms with van der Waals surface area (Å²) in [5, 5.41) is 6.19. The first-order chi connectivity index (χ1) is 13.1. The van der Waals surface area contributed by atoms with Crippen LogP contribution in [0.25, 0.3) is 0 Å². The molecule has 0 fully saturated rings. The highest BCUT2D eigenvalue weighted by Gasteiger charge is 2.17. The molecular weight excluding hydrogens is 374 g/mol. The minimum absolute atomic E-state index is 0.0341. The highest BCUT2D eigenvalue weighted by Crippen LogP contribution is 2.15. The molecule has 156 valence electrons. The smallest absolute Gasteiger partial charge is 0.243 e. The molecule has 1 aromatic carbocycles. The lowest BCUT2D eigenvalue weighted by Crippen LogP contribution is -2.49. The summed E-state index contributed by atoms with van der Waals surface area (Å²) in [5.41, 5.74) is -0.296. The molecule has 0 saturated heterocycles. The molecule has 8 heteroatoms. The molecule has 0 aliphatic carbocycles. The van der Waals surface area contributed by atoms with E-state index >= 15 is 0 Å². The Hall–Kier alpha value is -2.22. The predicted molar refractivity (Wildman–Crippen MR) is 117 cm³/mol. The van der Waals surface area contributed by atoms with Gasteiger partial charge in [0, 0.05) is 43.9 Å². The van der Waals surface area contributed by atoms with Crippen molar-refractivity contribution in [3.8, 4) is 0 Å². The van der Waals surface area contributed by atoms with Crippen LogP contribution in [0.1, 0.15) is 20.8 Å². The van der Waals surface area contributed by atoms with Gasteiger partial charge in [-0.3, -0.25) is 9.59 Å². The molecule has 0 aromatic heterocycles. The van der Waals surface area contributed by atoms with Crippen molar-refractivity contribution in [2.75, 3.05) is 46.5 Å². The van der Waals surface area contributed by atoms with E-state index < -0.39 is 0 Å². The Balaban J connectivity index is 2.65. The van der Waals surface area contributed by atoms with Gasteiger partial charge in [-0.15, -0.1) is 11.8 Å². The molecule has 0 spiro atoms. The van der Waals surface area contributed by atoms with E-state index in [2.05, 4.69) is 27.8 Å². The first-order valence-corrected chi connectivity index (χ1v) is 10.3. The fraction of sp³-hybridized carbons (Fsp3) is 0.550. The van der Waals surface area contributed by atoms with Gasteiger partial charge in [0.05, 0.1) is 6.54 Å². The van der Waals surface area contributed by atoms with Crippen LogP contribution >= 0.6 is 11.8 Å². The van der Waals surface area contributed by atoms with Crippen LogP contribution in [0.15, 0.2) is 40.2 Å². The maximum Gasteiger partial charge on any atom is 0.243 e. The fourth-order valence-electron chi connectivity index (χ4n) is 2.19. The number of hydrogen-bond donors (Lipinski definition) is 2. The molecule has 7 nitrogen and oxygen atoms in total. The molecule has 2 amide bonds. The molecule has 0 radical (unpaired) electrons. The third-order valence-electron chi connectivity index (χ3n) is 3.52. The number of aliphatic imine (C=N–C) groups is 1. The molecule has 0 aliphatic rings. The van der Waals surface area contributed by atoms with Crippen molar-refractivity contribution in [1.29, 1.82) is 0 Å². The molecule has 0 atom stereocenters. The summed E-state index contributed by atoms with van der Waals surface area (Å²) in [4.78, 5) is 32.9. The number of nitrogens with one attached hydrogen (secondary N) is 2. The lowest BCUT2D eigenvalue weighted by Gasteiger charge is -2.25. The largest absolute Gasteiger partial charge is 0.355 e. The number of carbonyl (C=O) groups is 2. The van der Waals surface area contributed by atoms with Gasteiger partial charge in [-0.2, -0.15) is 0 Å². The Morgan fingerprint density at radius 1 is 1.11 bits per heavy atom. The molecule has 0 unspecified atom stereocenters. The Kier molecular flexibility index (Phi) is 9.85. The molecule has 2 N–H and O–H groups in total. The van der Waals surface area contributed by atoms with E-state index in [0.717, 1.165) is 5.75 Å². The van der Waals surface area contributed by atoms with Crippen LogP contribution in [0.3, 0.4) is 0 Å². The third-order valence-corrected chi connectivity index (χ3v) is 4.53. The Labute approximate surface area is 173 Å². The molecule has 0 heterocycles. The van der Waals surface area contributed by atoms with Gasteiger partial charge in [-0.25, -0.2) is 4.99 Å². The van der Waals surface area contributed by atoms with E-state index in [1.165, 1.54) is 9.80 Å². The lowest BCUT2D eigenvalue weighted by atomic mass is 10.1. The topological polar surface area (TPSA) is 77.0 Å². The molecule has 0 bridgehead atoms. The van der Waals surface area contributed by atoms with Gasteiger partial charge in [0.2, 0.25) is 11.8 Å². The van der Waals surface area contributed by atoms with E-state index in [1.54, 1.807) is 37.8 Å².